The summed E-state index contributed by atoms with van der Waals surface area (Å²) in [4.78, 5) is 14.1. The van der Waals surface area contributed by atoms with Gasteiger partial charge in [-0.2, -0.15) is 5.10 Å². The van der Waals surface area contributed by atoms with E-state index in [0.717, 1.165) is 12.1 Å². The van der Waals surface area contributed by atoms with Crippen molar-refractivity contribution >= 4 is 11.5 Å². The Labute approximate surface area is 132 Å². The fourth-order valence-corrected chi connectivity index (χ4v) is 2.17. The van der Waals surface area contributed by atoms with Crippen LogP contribution in [-0.2, 0) is 6.42 Å². The van der Waals surface area contributed by atoms with Crippen LogP contribution in [0.2, 0.25) is 0 Å². The highest BCUT2D eigenvalue weighted by molar-refractivity contribution is 5.40. The topological polar surface area (TPSA) is 85.9 Å². The fraction of sp³-hybridized carbons (Fsp3) is 0.125. The molecule has 0 atom stereocenters. The number of nitrogens with one attached hydrogen (secondary N) is 1. The van der Waals surface area contributed by atoms with Crippen LogP contribution in [0.15, 0.2) is 61.1 Å². The van der Waals surface area contributed by atoms with Crippen molar-refractivity contribution in [2.45, 2.75) is 6.42 Å². The van der Waals surface area contributed by atoms with Crippen molar-refractivity contribution in [1.82, 2.24) is 14.8 Å². The largest absolute Gasteiger partial charge is 0.370 e. The summed E-state index contributed by atoms with van der Waals surface area (Å²) >= 11 is 0. The van der Waals surface area contributed by atoms with E-state index in [1.807, 2.05) is 29.1 Å². The van der Waals surface area contributed by atoms with E-state index in [1.54, 1.807) is 12.3 Å². The van der Waals surface area contributed by atoms with Gasteiger partial charge in [0, 0.05) is 25.0 Å². The zero-order chi connectivity index (χ0) is 16.1. The number of aromatic nitrogens is 3. The van der Waals surface area contributed by atoms with E-state index < -0.39 is 4.92 Å². The number of nitro groups is 1. The minimum Gasteiger partial charge on any atom is -0.370 e. The van der Waals surface area contributed by atoms with Crippen molar-refractivity contribution in [3.05, 3.63) is 76.7 Å². The first-order chi connectivity index (χ1) is 11.2. The van der Waals surface area contributed by atoms with Crippen LogP contribution in [0, 0.1) is 10.1 Å². The highest BCUT2D eigenvalue weighted by Gasteiger charge is 2.04. The zero-order valence-corrected chi connectivity index (χ0v) is 12.3. The van der Waals surface area contributed by atoms with E-state index in [2.05, 4.69) is 27.5 Å². The molecule has 2 aromatic heterocycles. The van der Waals surface area contributed by atoms with Crippen molar-refractivity contribution in [3.8, 4) is 5.69 Å². The molecule has 116 valence electrons. The van der Waals surface area contributed by atoms with Crippen molar-refractivity contribution in [3.63, 3.8) is 0 Å². The Morgan fingerprint density at radius 1 is 1.17 bits per heavy atom. The summed E-state index contributed by atoms with van der Waals surface area (Å²) in [6, 6.07) is 13.1. The van der Waals surface area contributed by atoms with Crippen LogP contribution in [0.25, 0.3) is 5.69 Å². The summed E-state index contributed by atoms with van der Waals surface area (Å²) < 4.78 is 1.81. The Hall–Kier alpha value is -3.22. The molecule has 0 aliphatic rings. The molecule has 3 aromatic rings. The average Bonchev–Trinajstić information content (AvgIpc) is 3.10. The molecule has 7 nitrogen and oxygen atoms in total. The molecular weight excluding hydrogens is 294 g/mol. The molecule has 1 N–H and O–H groups in total. The molecule has 7 heteroatoms. The van der Waals surface area contributed by atoms with Crippen LogP contribution in [0.4, 0.5) is 11.5 Å². The Balaban J connectivity index is 1.53. The van der Waals surface area contributed by atoms with Gasteiger partial charge in [0.15, 0.2) is 0 Å². The lowest BCUT2D eigenvalue weighted by Gasteiger charge is -2.06. The van der Waals surface area contributed by atoms with E-state index in [9.17, 15) is 10.1 Å². The number of pyridine rings is 1. The third kappa shape index (κ3) is 3.70. The molecule has 0 bridgehead atoms. The first-order valence-electron chi connectivity index (χ1n) is 7.16. The van der Waals surface area contributed by atoms with Gasteiger partial charge >= 0.3 is 0 Å². The maximum absolute atomic E-state index is 10.6. The molecule has 0 amide bonds. The number of nitrogens with zero attached hydrogens (tertiary/aromatic N) is 4. The fourth-order valence-electron chi connectivity index (χ4n) is 2.17. The quantitative estimate of drug-likeness (QED) is 0.559. The molecule has 0 saturated heterocycles. The molecule has 0 aliphatic carbocycles. The van der Waals surface area contributed by atoms with E-state index >= 15 is 0 Å². The number of hydrogen-bond acceptors (Lipinski definition) is 5. The molecule has 1 aromatic carbocycles. The first kappa shape index (κ1) is 14.7. The molecule has 2 heterocycles. The maximum atomic E-state index is 10.6. The van der Waals surface area contributed by atoms with Gasteiger partial charge in [-0.1, -0.05) is 12.1 Å². The molecule has 0 aliphatic heterocycles. The van der Waals surface area contributed by atoms with E-state index in [-0.39, 0.29) is 5.69 Å². The van der Waals surface area contributed by atoms with Gasteiger partial charge in [-0.25, -0.2) is 9.67 Å². The van der Waals surface area contributed by atoms with Crippen molar-refractivity contribution < 1.29 is 4.92 Å². The normalized spacial score (nSPS) is 10.4. The highest BCUT2D eigenvalue weighted by Crippen LogP contribution is 2.12. The number of rotatable bonds is 6. The monoisotopic (exact) mass is 309 g/mol. The second-order valence-corrected chi connectivity index (χ2v) is 4.95. The lowest BCUT2D eigenvalue weighted by molar-refractivity contribution is -0.385. The van der Waals surface area contributed by atoms with Crippen LogP contribution in [0.3, 0.4) is 0 Å². The van der Waals surface area contributed by atoms with Crippen LogP contribution in [-0.4, -0.2) is 26.2 Å². The Kier molecular flexibility index (Phi) is 4.28. The highest BCUT2D eigenvalue weighted by atomic mass is 16.6. The number of anilines is 1. The first-order valence-corrected chi connectivity index (χ1v) is 7.16. The van der Waals surface area contributed by atoms with Crippen LogP contribution < -0.4 is 5.32 Å². The molecule has 0 saturated carbocycles. The summed E-state index contributed by atoms with van der Waals surface area (Å²) in [7, 11) is 0. The predicted octanol–water partition coefficient (Wildman–Crippen LogP) is 2.83. The number of hydrogen-bond donors (Lipinski definition) is 1. The average molecular weight is 309 g/mol. The minimum absolute atomic E-state index is 0.00948. The Bertz CT molecular complexity index is 767. The lowest BCUT2D eigenvalue weighted by atomic mass is 10.1. The predicted molar refractivity (Wildman–Crippen MR) is 86.6 cm³/mol. The third-order valence-electron chi connectivity index (χ3n) is 3.38. The zero-order valence-electron chi connectivity index (χ0n) is 12.3. The summed E-state index contributed by atoms with van der Waals surface area (Å²) in [5.41, 5.74) is 2.20. The molecule has 3 rings (SSSR count). The van der Waals surface area contributed by atoms with Crippen LogP contribution in [0.5, 0.6) is 0 Å². The smallest absolute Gasteiger partial charge is 0.287 e. The molecule has 23 heavy (non-hydrogen) atoms. The van der Waals surface area contributed by atoms with Crippen molar-refractivity contribution in [2.24, 2.45) is 0 Å². The Morgan fingerprint density at radius 2 is 2.00 bits per heavy atom. The number of benzene rings is 1. The standard InChI is InChI=1S/C16H15N5O2/c22-21(23)15-6-7-16(18-12-15)17-10-8-13-2-4-14(5-3-13)20-11-1-9-19-20/h1-7,9,11-12H,8,10H2,(H,17,18). The van der Waals surface area contributed by atoms with Crippen LogP contribution >= 0.6 is 0 Å². The van der Waals surface area contributed by atoms with Gasteiger partial charge in [0.05, 0.1) is 10.6 Å². The minimum atomic E-state index is -0.460. The summed E-state index contributed by atoms with van der Waals surface area (Å²) in [6.45, 7) is 0.700. The summed E-state index contributed by atoms with van der Waals surface area (Å²) in [5, 5.41) is 17.9. The van der Waals surface area contributed by atoms with Crippen molar-refractivity contribution in [1.29, 1.82) is 0 Å². The SMILES string of the molecule is O=[N+]([O-])c1ccc(NCCc2ccc(-n3cccn3)cc2)nc1. The second-order valence-electron chi connectivity index (χ2n) is 4.95. The molecule has 0 radical (unpaired) electrons. The molecule has 0 unspecified atom stereocenters. The van der Waals surface area contributed by atoms with Gasteiger partial charge in [-0.3, -0.25) is 10.1 Å². The van der Waals surface area contributed by atoms with E-state index in [0.29, 0.717) is 12.4 Å². The molecule has 0 fully saturated rings. The lowest BCUT2D eigenvalue weighted by Crippen LogP contribution is -2.06. The molecular formula is C16H15N5O2. The van der Waals surface area contributed by atoms with E-state index in [1.165, 1.54) is 17.8 Å². The van der Waals surface area contributed by atoms with Gasteiger partial charge in [0.25, 0.3) is 5.69 Å². The van der Waals surface area contributed by atoms with Gasteiger partial charge in [-0.05, 0) is 36.2 Å². The van der Waals surface area contributed by atoms with Gasteiger partial charge in [-0.15, -0.1) is 0 Å². The maximum Gasteiger partial charge on any atom is 0.287 e. The Morgan fingerprint density at radius 3 is 2.61 bits per heavy atom. The van der Waals surface area contributed by atoms with Gasteiger partial charge in [0.1, 0.15) is 12.0 Å². The third-order valence-corrected chi connectivity index (χ3v) is 3.38. The van der Waals surface area contributed by atoms with Crippen molar-refractivity contribution in [2.75, 3.05) is 11.9 Å². The summed E-state index contributed by atoms with van der Waals surface area (Å²) in [5.74, 6) is 0.628. The molecule has 0 spiro atoms. The van der Waals surface area contributed by atoms with Gasteiger partial charge in [0.2, 0.25) is 0 Å². The van der Waals surface area contributed by atoms with E-state index in [4.69, 9.17) is 0 Å². The second kappa shape index (κ2) is 6.69. The van der Waals surface area contributed by atoms with Gasteiger partial charge < -0.3 is 5.32 Å². The summed E-state index contributed by atoms with van der Waals surface area (Å²) in [6.07, 6.45) is 5.73. The van der Waals surface area contributed by atoms with Crippen LogP contribution in [0.1, 0.15) is 5.56 Å².